The van der Waals surface area contributed by atoms with Gasteiger partial charge in [0.2, 0.25) is 0 Å². The molecule has 0 amide bonds. The quantitative estimate of drug-likeness (QED) is 0.633. The van der Waals surface area contributed by atoms with Crippen molar-refractivity contribution in [1.82, 2.24) is 0 Å². The van der Waals surface area contributed by atoms with E-state index in [2.05, 4.69) is 0 Å². The summed E-state index contributed by atoms with van der Waals surface area (Å²) in [6, 6.07) is 0. The molecule has 0 aromatic carbocycles. The summed E-state index contributed by atoms with van der Waals surface area (Å²) in [5.74, 6) is 0. The summed E-state index contributed by atoms with van der Waals surface area (Å²) >= 11 is 0. The molecule has 4 heteroatoms. The molecule has 0 N–H and O–H groups in total. The molecule has 0 bridgehead atoms. The van der Waals surface area contributed by atoms with E-state index in [0.29, 0.717) is 13.2 Å². The molecule has 4 nitrogen and oxygen atoms in total. The minimum absolute atomic E-state index is 0.0770. The third kappa shape index (κ3) is 3.06. The van der Waals surface area contributed by atoms with Crippen LogP contribution in [-0.2, 0) is 18.9 Å². The average Bonchev–Trinajstić information content (AvgIpc) is 2.47. The summed E-state index contributed by atoms with van der Waals surface area (Å²) in [6.07, 6.45) is 0.209. The first-order valence-electron chi connectivity index (χ1n) is 4.14. The van der Waals surface area contributed by atoms with E-state index in [1.807, 2.05) is 13.8 Å². The smallest absolute Gasteiger partial charge is 0.272 e. The molecule has 0 aromatic rings. The van der Waals surface area contributed by atoms with Crippen LogP contribution in [-0.4, -0.2) is 39.0 Å². The molecule has 0 aliphatic carbocycles. The van der Waals surface area contributed by atoms with E-state index in [1.54, 1.807) is 7.11 Å². The predicted molar refractivity (Wildman–Crippen MR) is 42.7 cm³/mol. The number of ether oxygens (including phenoxy) is 4. The molecule has 12 heavy (non-hydrogen) atoms. The first-order valence-corrected chi connectivity index (χ1v) is 4.14. The number of hydrogen-bond donors (Lipinski definition) is 0. The van der Waals surface area contributed by atoms with Crippen LogP contribution in [0.2, 0.25) is 0 Å². The highest BCUT2D eigenvalue weighted by atomic mass is 16.9. The molecule has 0 saturated carbocycles. The van der Waals surface area contributed by atoms with Crippen LogP contribution in [0.25, 0.3) is 0 Å². The Morgan fingerprint density at radius 3 is 2.83 bits per heavy atom. The van der Waals surface area contributed by atoms with Crippen LogP contribution in [0.1, 0.15) is 13.8 Å². The summed E-state index contributed by atoms with van der Waals surface area (Å²) < 4.78 is 20.7. The lowest BCUT2D eigenvalue weighted by atomic mass is 10.4. The standard InChI is InChI=1S/C8H16O4/c1-6(9-3)4-10-8-11-5-7(2)12-8/h6-8H,4-5H2,1-3H3. The highest BCUT2D eigenvalue weighted by Crippen LogP contribution is 2.12. The van der Waals surface area contributed by atoms with E-state index in [0.717, 1.165) is 0 Å². The molecule has 1 fully saturated rings. The molecule has 1 saturated heterocycles. The summed E-state index contributed by atoms with van der Waals surface area (Å²) in [5.41, 5.74) is 0. The maximum Gasteiger partial charge on any atom is 0.272 e. The van der Waals surface area contributed by atoms with E-state index in [-0.39, 0.29) is 12.2 Å². The first kappa shape index (κ1) is 9.92. The Balaban J connectivity index is 2.07. The van der Waals surface area contributed by atoms with E-state index in [1.165, 1.54) is 0 Å². The lowest BCUT2D eigenvalue weighted by Crippen LogP contribution is -2.21. The van der Waals surface area contributed by atoms with Gasteiger partial charge in [-0.2, -0.15) is 0 Å². The number of methoxy groups -OCH3 is 1. The fourth-order valence-corrected chi connectivity index (χ4v) is 0.852. The van der Waals surface area contributed by atoms with Crippen molar-refractivity contribution in [3.05, 3.63) is 0 Å². The zero-order chi connectivity index (χ0) is 8.97. The molecule has 1 rings (SSSR count). The van der Waals surface area contributed by atoms with E-state index in [4.69, 9.17) is 18.9 Å². The van der Waals surface area contributed by atoms with Crippen LogP contribution in [0.3, 0.4) is 0 Å². The van der Waals surface area contributed by atoms with Crippen molar-refractivity contribution >= 4 is 0 Å². The maximum absolute atomic E-state index is 5.26. The van der Waals surface area contributed by atoms with Crippen molar-refractivity contribution in [1.29, 1.82) is 0 Å². The minimum Gasteiger partial charge on any atom is -0.379 e. The summed E-state index contributed by atoms with van der Waals surface area (Å²) in [4.78, 5) is 0. The van der Waals surface area contributed by atoms with Crippen LogP contribution in [0.5, 0.6) is 0 Å². The Kier molecular flexibility index (Phi) is 3.94. The Morgan fingerprint density at radius 2 is 2.33 bits per heavy atom. The zero-order valence-corrected chi connectivity index (χ0v) is 7.78. The van der Waals surface area contributed by atoms with Crippen molar-refractivity contribution in [2.45, 2.75) is 32.5 Å². The summed E-state index contributed by atoms with van der Waals surface area (Å²) in [5, 5.41) is 0. The van der Waals surface area contributed by atoms with Gasteiger partial charge in [0.15, 0.2) is 0 Å². The molecule has 3 atom stereocenters. The van der Waals surface area contributed by atoms with Gasteiger partial charge in [0.25, 0.3) is 6.48 Å². The van der Waals surface area contributed by atoms with Gasteiger partial charge >= 0.3 is 0 Å². The Morgan fingerprint density at radius 1 is 1.58 bits per heavy atom. The van der Waals surface area contributed by atoms with Gasteiger partial charge in [0, 0.05) is 7.11 Å². The van der Waals surface area contributed by atoms with Gasteiger partial charge in [-0.25, -0.2) is 0 Å². The molecule has 72 valence electrons. The fourth-order valence-electron chi connectivity index (χ4n) is 0.852. The van der Waals surface area contributed by atoms with Crippen molar-refractivity contribution in [3.63, 3.8) is 0 Å². The van der Waals surface area contributed by atoms with Gasteiger partial charge in [-0.15, -0.1) is 0 Å². The van der Waals surface area contributed by atoms with Gasteiger partial charge in [-0.1, -0.05) is 0 Å². The van der Waals surface area contributed by atoms with Crippen molar-refractivity contribution in [2.75, 3.05) is 20.3 Å². The highest BCUT2D eigenvalue weighted by molar-refractivity contribution is 4.54. The average molecular weight is 176 g/mol. The molecule has 1 aliphatic heterocycles. The second-order valence-corrected chi connectivity index (χ2v) is 2.95. The Bertz CT molecular complexity index is 128. The Hall–Kier alpha value is -0.160. The number of hydrogen-bond acceptors (Lipinski definition) is 4. The largest absolute Gasteiger partial charge is 0.379 e. The molecule has 3 unspecified atom stereocenters. The van der Waals surface area contributed by atoms with Gasteiger partial charge in [0.05, 0.1) is 25.4 Å². The van der Waals surface area contributed by atoms with E-state index in [9.17, 15) is 0 Å². The molecule has 0 spiro atoms. The fraction of sp³-hybridized carbons (Fsp3) is 1.00. The lowest BCUT2D eigenvalue weighted by molar-refractivity contribution is -0.244. The Labute approximate surface area is 72.7 Å². The predicted octanol–water partition coefficient (Wildman–Crippen LogP) is 0.757. The van der Waals surface area contributed by atoms with Gasteiger partial charge in [0.1, 0.15) is 0 Å². The molecule has 1 aliphatic rings. The number of rotatable bonds is 4. The van der Waals surface area contributed by atoms with Gasteiger partial charge < -0.3 is 18.9 Å². The minimum atomic E-state index is -0.502. The monoisotopic (exact) mass is 176 g/mol. The summed E-state index contributed by atoms with van der Waals surface area (Å²) in [7, 11) is 1.65. The third-order valence-corrected chi connectivity index (χ3v) is 1.68. The molecular formula is C8H16O4. The third-order valence-electron chi connectivity index (χ3n) is 1.68. The van der Waals surface area contributed by atoms with E-state index < -0.39 is 6.48 Å². The van der Waals surface area contributed by atoms with Gasteiger partial charge in [-0.3, -0.25) is 0 Å². The maximum atomic E-state index is 5.26. The molecular weight excluding hydrogens is 160 g/mol. The normalized spacial score (nSPS) is 32.2. The van der Waals surface area contributed by atoms with Crippen LogP contribution >= 0.6 is 0 Å². The van der Waals surface area contributed by atoms with Crippen LogP contribution in [0, 0.1) is 0 Å². The second kappa shape index (κ2) is 4.77. The van der Waals surface area contributed by atoms with Crippen LogP contribution in [0.15, 0.2) is 0 Å². The van der Waals surface area contributed by atoms with Crippen molar-refractivity contribution in [3.8, 4) is 0 Å². The highest BCUT2D eigenvalue weighted by Gasteiger charge is 2.23. The van der Waals surface area contributed by atoms with Crippen LogP contribution in [0.4, 0.5) is 0 Å². The summed E-state index contributed by atoms with van der Waals surface area (Å²) in [6.45, 7) is 4.47. The van der Waals surface area contributed by atoms with E-state index >= 15 is 0 Å². The topological polar surface area (TPSA) is 36.9 Å². The SMILES string of the molecule is COC(C)COC1OCC(C)O1. The molecule has 1 heterocycles. The first-order chi connectivity index (χ1) is 5.72. The molecule has 0 radical (unpaired) electrons. The van der Waals surface area contributed by atoms with Crippen LogP contribution < -0.4 is 0 Å². The van der Waals surface area contributed by atoms with Crippen molar-refractivity contribution in [2.24, 2.45) is 0 Å². The van der Waals surface area contributed by atoms with Gasteiger partial charge in [-0.05, 0) is 13.8 Å². The molecule has 0 aromatic heterocycles. The van der Waals surface area contributed by atoms with Crippen molar-refractivity contribution < 1.29 is 18.9 Å². The zero-order valence-electron chi connectivity index (χ0n) is 7.78. The second-order valence-electron chi connectivity index (χ2n) is 2.95. The lowest BCUT2D eigenvalue weighted by Gasteiger charge is -2.14.